The van der Waals surface area contributed by atoms with Gasteiger partial charge in [-0.05, 0) is 31.0 Å². The van der Waals surface area contributed by atoms with Gasteiger partial charge in [-0.25, -0.2) is 4.39 Å². The molecular formula is C13H16ClFN2S. The van der Waals surface area contributed by atoms with Gasteiger partial charge in [0, 0.05) is 11.4 Å². The summed E-state index contributed by atoms with van der Waals surface area (Å²) in [6, 6.07) is 4.61. The normalized spacial score (nSPS) is 17.7. The number of halogens is 2. The van der Waals surface area contributed by atoms with Crippen molar-refractivity contribution in [2.24, 2.45) is 4.99 Å². The zero-order valence-electron chi connectivity index (χ0n) is 10.5. The van der Waals surface area contributed by atoms with Crippen LogP contribution in [0.25, 0.3) is 0 Å². The summed E-state index contributed by atoms with van der Waals surface area (Å²) in [7, 11) is 0. The van der Waals surface area contributed by atoms with Gasteiger partial charge in [0.25, 0.3) is 0 Å². The van der Waals surface area contributed by atoms with Crippen molar-refractivity contribution in [2.45, 2.75) is 32.2 Å². The highest BCUT2D eigenvalue weighted by Crippen LogP contribution is 2.34. The summed E-state index contributed by atoms with van der Waals surface area (Å²) in [5.41, 5.74) is 0.826. The first-order chi connectivity index (χ1) is 8.58. The van der Waals surface area contributed by atoms with Crippen molar-refractivity contribution in [1.29, 1.82) is 0 Å². The van der Waals surface area contributed by atoms with Gasteiger partial charge < -0.3 is 5.32 Å². The van der Waals surface area contributed by atoms with E-state index in [1.54, 1.807) is 23.9 Å². The van der Waals surface area contributed by atoms with E-state index in [0.717, 1.165) is 29.4 Å². The number of rotatable bonds is 3. The molecule has 0 unspecified atom stereocenters. The number of aliphatic imine (C=N–C) groups is 1. The van der Waals surface area contributed by atoms with Crippen LogP contribution in [0.3, 0.4) is 0 Å². The molecule has 1 aliphatic heterocycles. The molecular weight excluding hydrogens is 271 g/mol. The van der Waals surface area contributed by atoms with E-state index < -0.39 is 5.82 Å². The number of amidine groups is 1. The Balaban J connectivity index is 2.13. The van der Waals surface area contributed by atoms with Gasteiger partial charge in [0.05, 0.1) is 10.6 Å². The van der Waals surface area contributed by atoms with Gasteiger partial charge >= 0.3 is 0 Å². The summed E-state index contributed by atoms with van der Waals surface area (Å²) in [6.07, 6.45) is 2.07. The van der Waals surface area contributed by atoms with Crippen molar-refractivity contribution in [3.8, 4) is 0 Å². The summed E-state index contributed by atoms with van der Waals surface area (Å²) >= 11 is 7.45. The Labute approximate surface area is 116 Å². The van der Waals surface area contributed by atoms with Gasteiger partial charge in [-0.3, -0.25) is 4.99 Å². The smallest absolute Gasteiger partial charge is 0.161 e. The number of nitrogens with zero attached hydrogens (tertiary/aromatic N) is 1. The van der Waals surface area contributed by atoms with E-state index in [1.807, 2.05) is 0 Å². The lowest BCUT2D eigenvalue weighted by atomic mass is 9.97. The largest absolute Gasteiger partial charge is 0.335 e. The number of nitrogens with one attached hydrogen (secondary N) is 1. The highest BCUT2D eigenvalue weighted by Gasteiger charge is 2.32. The van der Waals surface area contributed by atoms with E-state index in [-0.39, 0.29) is 10.6 Å². The Morgan fingerprint density at radius 1 is 1.44 bits per heavy atom. The van der Waals surface area contributed by atoms with Crippen LogP contribution in [0.1, 0.15) is 26.7 Å². The van der Waals surface area contributed by atoms with Crippen molar-refractivity contribution in [3.05, 3.63) is 29.0 Å². The Kier molecular flexibility index (Phi) is 4.17. The number of benzene rings is 1. The molecule has 1 aliphatic rings. The Hall–Kier alpha value is -0.740. The van der Waals surface area contributed by atoms with Crippen LogP contribution < -0.4 is 5.32 Å². The highest BCUT2D eigenvalue weighted by molar-refractivity contribution is 8.14. The molecule has 0 amide bonds. The maximum atomic E-state index is 13.0. The van der Waals surface area contributed by atoms with Gasteiger partial charge in [0.2, 0.25) is 0 Å². The average molecular weight is 287 g/mol. The van der Waals surface area contributed by atoms with E-state index in [4.69, 9.17) is 16.6 Å². The lowest BCUT2D eigenvalue weighted by Crippen LogP contribution is -2.24. The summed E-state index contributed by atoms with van der Waals surface area (Å²) in [5, 5.41) is 4.21. The number of hydrogen-bond donors (Lipinski definition) is 1. The zero-order valence-corrected chi connectivity index (χ0v) is 12.0. The molecule has 0 aromatic heterocycles. The summed E-state index contributed by atoms with van der Waals surface area (Å²) in [4.78, 5) is 4.74. The first-order valence-electron chi connectivity index (χ1n) is 6.03. The van der Waals surface area contributed by atoms with E-state index in [9.17, 15) is 4.39 Å². The lowest BCUT2D eigenvalue weighted by molar-refractivity contribution is 0.456. The molecule has 5 heteroatoms. The second kappa shape index (κ2) is 5.49. The Morgan fingerprint density at radius 3 is 2.72 bits per heavy atom. The Morgan fingerprint density at radius 2 is 2.17 bits per heavy atom. The summed E-state index contributed by atoms with van der Waals surface area (Å²) < 4.78 is 13.0. The van der Waals surface area contributed by atoms with E-state index in [1.165, 1.54) is 6.07 Å². The van der Waals surface area contributed by atoms with Gasteiger partial charge in [-0.2, -0.15) is 0 Å². The molecule has 1 N–H and O–H groups in total. The predicted octanol–water partition coefficient (Wildman–Crippen LogP) is 4.55. The molecule has 0 fully saturated rings. The molecule has 0 spiro atoms. The average Bonchev–Trinajstić information content (AvgIpc) is 2.78. The fourth-order valence-corrected chi connectivity index (χ4v) is 3.36. The van der Waals surface area contributed by atoms with Crippen molar-refractivity contribution in [1.82, 2.24) is 0 Å². The minimum Gasteiger partial charge on any atom is -0.335 e. The quantitative estimate of drug-likeness (QED) is 0.881. The predicted molar refractivity (Wildman–Crippen MR) is 78.2 cm³/mol. The maximum Gasteiger partial charge on any atom is 0.161 e. The van der Waals surface area contributed by atoms with Gasteiger partial charge in [-0.1, -0.05) is 37.2 Å². The van der Waals surface area contributed by atoms with Crippen molar-refractivity contribution >= 4 is 34.2 Å². The van der Waals surface area contributed by atoms with Crippen molar-refractivity contribution in [3.63, 3.8) is 0 Å². The molecule has 0 radical (unpaired) electrons. The molecule has 2 nitrogen and oxygen atoms in total. The third kappa shape index (κ3) is 2.81. The number of anilines is 1. The molecule has 2 rings (SSSR count). The van der Waals surface area contributed by atoms with Crippen LogP contribution in [0.5, 0.6) is 0 Å². The van der Waals surface area contributed by atoms with E-state index >= 15 is 0 Å². The molecule has 98 valence electrons. The molecule has 0 aliphatic carbocycles. The maximum absolute atomic E-state index is 13.0. The molecule has 0 bridgehead atoms. The second-order valence-electron chi connectivity index (χ2n) is 4.39. The Bertz CT molecular complexity index is 472. The van der Waals surface area contributed by atoms with Gasteiger partial charge in [-0.15, -0.1) is 0 Å². The molecule has 0 saturated carbocycles. The topological polar surface area (TPSA) is 24.4 Å². The fraction of sp³-hybridized carbons (Fsp3) is 0.462. The summed E-state index contributed by atoms with van der Waals surface area (Å²) in [6.45, 7) is 4.32. The highest BCUT2D eigenvalue weighted by atomic mass is 35.5. The SMILES string of the molecule is CCC1(CC)CSC(Nc2ccc(F)c(Cl)c2)=N1. The first kappa shape index (κ1) is 13.7. The van der Waals surface area contributed by atoms with Crippen LogP contribution in [0.4, 0.5) is 10.1 Å². The minimum absolute atomic E-state index is 0.0524. The lowest BCUT2D eigenvalue weighted by Gasteiger charge is -2.20. The molecule has 0 atom stereocenters. The molecule has 18 heavy (non-hydrogen) atoms. The molecule has 1 aromatic carbocycles. The third-order valence-electron chi connectivity index (χ3n) is 3.30. The number of hydrogen-bond acceptors (Lipinski definition) is 3. The minimum atomic E-state index is -0.403. The van der Waals surface area contributed by atoms with Crippen molar-refractivity contribution in [2.75, 3.05) is 11.1 Å². The standard InChI is InChI=1S/C13H16ClFN2S/c1-3-13(4-2)8-18-12(17-13)16-9-5-6-11(15)10(14)7-9/h5-7H,3-4,8H2,1-2H3,(H,16,17). The molecule has 1 heterocycles. The third-order valence-corrected chi connectivity index (χ3v) is 4.74. The monoisotopic (exact) mass is 286 g/mol. The molecule has 1 aromatic rings. The van der Waals surface area contributed by atoms with Crippen LogP contribution in [0.15, 0.2) is 23.2 Å². The number of thioether (sulfide) groups is 1. The first-order valence-corrected chi connectivity index (χ1v) is 7.39. The van der Waals surface area contributed by atoms with Gasteiger partial charge in [0.15, 0.2) is 5.17 Å². The van der Waals surface area contributed by atoms with Gasteiger partial charge in [0.1, 0.15) is 5.82 Å². The van der Waals surface area contributed by atoms with Crippen LogP contribution in [-0.2, 0) is 0 Å². The second-order valence-corrected chi connectivity index (χ2v) is 5.76. The zero-order chi connectivity index (χ0) is 13.2. The molecule has 0 saturated heterocycles. The fourth-order valence-electron chi connectivity index (χ4n) is 1.86. The van der Waals surface area contributed by atoms with E-state index in [0.29, 0.717) is 0 Å². The van der Waals surface area contributed by atoms with Crippen LogP contribution in [0.2, 0.25) is 5.02 Å². The van der Waals surface area contributed by atoms with Crippen LogP contribution in [0, 0.1) is 5.82 Å². The van der Waals surface area contributed by atoms with E-state index in [2.05, 4.69) is 19.2 Å². The summed E-state index contributed by atoms with van der Waals surface area (Å²) in [5.74, 6) is 0.594. The van der Waals surface area contributed by atoms with Crippen LogP contribution >= 0.6 is 23.4 Å². The van der Waals surface area contributed by atoms with Crippen molar-refractivity contribution < 1.29 is 4.39 Å². The van der Waals surface area contributed by atoms with Crippen LogP contribution in [-0.4, -0.2) is 16.5 Å².